The van der Waals surface area contributed by atoms with E-state index in [1.165, 1.54) is 0 Å². The van der Waals surface area contributed by atoms with Crippen molar-refractivity contribution in [3.8, 4) is 0 Å². The van der Waals surface area contributed by atoms with E-state index in [-0.39, 0.29) is 5.91 Å². The third-order valence-corrected chi connectivity index (χ3v) is 4.37. The van der Waals surface area contributed by atoms with Gasteiger partial charge in [0.05, 0.1) is 0 Å². The Balaban J connectivity index is 1.91. The molecule has 0 spiro atoms. The Morgan fingerprint density at radius 2 is 1.95 bits per heavy atom. The first-order chi connectivity index (χ1) is 10.1. The molecule has 0 aliphatic heterocycles. The number of aromatic nitrogens is 1. The predicted octanol–water partition coefficient (Wildman–Crippen LogP) is 2.94. The molecule has 7 nitrogen and oxygen atoms in total. The Labute approximate surface area is 133 Å². The summed E-state index contributed by atoms with van der Waals surface area (Å²) in [5, 5.41) is 6.63. The number of carbonyl (C=O) groups is 2. The number of ether oxygens (including phenoxy) is 1. The summed E-state index contributed by atoms with van der Waals surface area (Å²) in [6.07, 6.45) is 0.847. The number of aryl methyl sites for hydroxylation is 2. The Bertz CT molecular complexity index is 568. The first kappa shape index (κ1) is 16.7. The van der Waals surface area contributed by atoms with Crippen molar-refractivity contribution in [2.75, 3.05) is 5.32 Å². The van der Waals surface area contributed by atoms with E-state index < -0.39 is 16.4 Å². The van der Waals surface area contributed by atoms with Crippen LogP contribution in [0.4, 0.5) is 10.5 Å². The lowest BCUT2D eigenvalue weighted by Crippen LogP contribution is -2.34. The maximum absolute atomic E-state index is 12.4. The quantitative estimate of drug-likeness (QED) is 0.826. The van der Waals surface area contributed by atoms with Gasteiger partial charge in [0.15, 0.2) is 5.76 Å². The highest BCUT2D eigenvalue weighted by molar-refractivity contribution is 8.00. The van der Waals surface area contributed by atoms with Gasteiger partial charge in [-0.1, -0.05) is 5.16 Å². The van der Waals surface area contributed by atoms with Crippen molar-refractivity contribution in [3.05, 3.63) is 11.5 Å². The highest BCUT2D eigenvalue weighted by Gasteiger charge is 2.52. The normalized spacial score (nSPS) is 16.0. The summed E-state index contributed by atoms with van der Waals surface area (Å²) in [5.74, 6) is 0.398. The molecule has 1 aliphatic carbocycles. The fourth-order valence-electron chi connectivity index (χ4n) is 1.82. The molecule has 2 N–H and O–H groups in total. The van der Waals surface area contributed by atoms with Crippen LogP contribution in [0.1, 0.15) is 45.1 Å². The number of anilines is 1. The van der Waals surface area contributed by atoms with Crippen LogP contribution in [0.5, 0.6) is 0 Å². The maximum atomic E-state index is 12.4. The van der Waals surface area contributed by atoms with Crippen molar-refractivity contribution in [3.63, 3.8) is 0 Å². The summed E-state index contributed by atoms with van der Waals surface area (Å²) >= 11 is 1.09. The number of nitrogens with one attached hydrogen (secondary N) is 2. The summed E-state index contributed by atoms with van der Waals surface area (Å²) < 4.78 is 12.1. The molecule has 2 amide bonds. The average Bonchev–Trinajstić information content (AvgIpc) is 3.12. The molecule has 0 atom stereocenters. The van der Waals surface area contributed by atoms with E-state index in [2.05, 4.69) is 15.2 Å². The van der Waals surface area contributed by atoms with Crippen molar-refractivity contribution in [1.82, 2.24) is 9.88 Å². The van der Waals surface area contributed by atoms with Gasteiger partial charge in [-0.05, 0) is 59.4 Å². The lowest BCUT2D eigenvalue weighted by molar-refractivity contribution is -0.116. The van der Waals surface area contributed by atoms with E-state index in [9.17, 15) is 9.59 Å². The zero-order valence-corrected chi connectivity index (χ0v) is 14.2. The van der Waals surface area contributed by atoms with Crippen LogP contribution in [0.2, 0.25) is 0 Å². The zero-order chi connectivity index (χ0) is 16.5. The van der Waals surface area contributed by atoms with Gasteiger partial charge in [-0.25, -0.2) is 4.79 Å². The molecule has 1 fully saturated rings. The lowest BCUT2D eigenvalue weighted by atomic mass is 10.2. The summed E-state index contributed by atoms with van der Waals surface area (Å²) in [5.41, 5.74) is 0.654. The summed E-state index contributed by atoms with van der Waals surface area (Å²) in [6.45, 7) is 8.86. The highest BCUT2D eigenvalue weighted by atomic mass is 32.2. The number of rotatable bonds is 4. The first-order valence-electron chi connectivity index (χ1n) is 7.04. The Kier molecular flexibility index (Phi) is 4.42. The van der Waals surface area contributed by atoms with Crippen molar-refractivity contribution in [2.24, 2.45) is 0 Å². The Morgan fingerprint density at radius 3 is 2.41 bits per heavy atom. The van der Waals surface area contributed by atoms with E-state index in [4.69, 9.17) is 9.26 Å². The molecule has 22 heavy (non-hydrogen) atoms. The van der Waals surface area contributed by atoms with Gasteiger partial charge < -0.3 is 14.6 Å². The SMILES string of the molecule is Cc1noc(C)c1NC(=O)C1(SNC(=O)OC(C)(C)C)CC1. The molecule has 1 saturated carbocycles. The summed E-state index contributed by atoms with van der Waals surface area (Å²) in [6, 6.07) is 0. The molecular weight excluding hydrogens is 306 g/mol. The van der Waals surface area contributed by atoms with Gasteiger partial charge in [-0.2, -0.15) is 0 Å². The van der Waals surface area contributed by atoms with Gasteiger partial charge >= 0.3 is 6.09 Å². The molecule has 0 saturated heterocycles. The second kappa shape index (κ2) is 5.83. The van der Waals surface area contributed by atoms with Crippen LogP contribution in [-0.2, 0) is 9.53 Å². The van der Waals surface area contributed by atoms with Gasteiger partial charge in [0.2, 0.25) is 5.91 Å². The van der Waals surface area contributed by atoms with Gasteiger partial charge in [0.1, 0.15) is 21.7 Å². The smallest absolute Gasteiger partial charge is 0.417 e. The van der Waals surface area contributed by atoms with Crippen LogP contribution in [0.15, 0.2) is 4.52 Å². The molecule has 1 heterocycles. The van der Waals surface area contributed by atoms with E-state index in [0.29, 0.717) is 30.0 Å². The van der Waals surface area contributed by atoms with Crippen molar-refractivity contribution in [2.45, 2.75) is 57.8 Å². The van der Waals surface area contributed by atoms with Gasteiger partial charge in [0.25, 0.3) is 0 Å². The standard InChI is InChI=1S/C14H21N3O4S/c1-8-10(9(2)21-16-8)15-11(18)14(6-7-14)22-17-12(19)20-13(3,4)5/h6-7H2,1-5H3,(H,15,18)(H,17,19). The van der Waals surface area contributed by atoms with Crippen LogP contribution < -0.4 is 10.0 Å². The van der Waals surface area contributed by atoms with E-state index >= 15 is 0 Å². The second-order valence-electron chi connectivity index (χ2n) is 6.35. The number of amides is 2. The highest BCUT2D eigenvalue weighted by Crippen LogP contribution is 2.48. The molecule has 0 unspecified atom stereocenters. The predicted molar refractivity (Wildman–Crippen MR) is 83.5 cm³/mol. The Morgan fingerprint density at radius 1 is 1.32 bits per heavy atom. The summed E-state index contributed by atoms with van der Waals surface area (Å²) in [7, 11) is 0. The molecule has 0 bridgehead atoms. The van der Waals surface area contributed by atoms with E-state index in [1.807, 2.05) is 0 Å². The maximum Gasteiger partial charge on any atom is 0.417 e. The van der Waals surface area contributed by atoms with Crippen LogP contribution >= 0.6 is 11.9 Å². The fourth-order valence-corrected chi connectivity index (χ4v) is 2.59. The minimum Gasteiger partial charge on any atom is -0.443 e. The first-order valence-corrected chi connectivity index (χ1v) is 7.86. The molecular formula is C14H21N3O4S. The van der Waals surface area contributed by atoms with E-state index in [0.717, 1.165) is 11.9 Å². The molecule has 2 rings (SSSR count). The van der Waals surface area contributed by atoms with Crippen LogP contribution in [0, 0.1) is 13.8 Å². The molecule has 1 aliphatic rings. The van der Waals surface area contributed by atoms with Gasteiger partial charge in [-0.3, -0.25) is 9.52 Å². The number of carbonyl (C=O) groups excluding carboxylic acids is 2. The summed E-state index contributed by atoms with van der Waals surface area (Å²) in [4.78, 5) is 24.1. The van der Waals surface area contributed by atoms with Gasteiger partial charge in [-0.15, -0.1) is 0 Å². The van der Waals surface area contributed by atoms with Crippen LogP contribution in [0.3, 0.4) is 0 Å². The molecule has 1 aromatic heterocycles. The van der Waals surface area contributed by atoms with Gasteiger partial charge in [0, 0.05) is 0 Å². The molecule has 0 aromatic carbocycles. The largest absolute Gasteiger partial charge is 0.443 e. The number of nitrogens with zero attached hydrogens (tertiary/aromatic N) is 1. The van der Waals surface area contributed by atoms with Crippen LogP contribution in [-0.4, -0.2) is 27.5 Å². The molecule has 0 radical (unpaired) electrons. The third-order valence-electron chi connectivity index (χ3n) is 3.12. The third kappa shape index (κ3) is 3.94. The lowest BCUT2D eigenvalue weighted by Gasteiger charge is -2.21. The zero-order valence-electron chi connectivity index (χ0n) is 13.4. The monoisotopic (exact) mass is 327 g/mol. The second-order valence-corrected chi connectivity index (χ2v) is 7.54. The number of hydrogen-bond acceptors (Lipinski definition) is 6. The molecule has 1 aromatic rings. The van der Waals surface area contributed by atoms with Crippen molar-refractivity contribution >= 4 is 29.6 Å². The molecule has 8 heteroatoms. The van der Waals surface area contributed by atoms with E-state index in [1.54, 1.807) is 34.6 Å². The van der Waals surface area contributed by atoms with Crippen molar-refractivity contribution in [1.29, 1.82) is 0 Å². The molecule has 122 valence electrons. The van der Waals surface area contributed by atoms with Crippen LogP contribution in [0.25, 0.3) is 0 Å². The fraction of sp³-hybridized carbons (Fsp3) is 0.643. The minimum atomic E-state index is -0.646. The van der Waals surface area contributed by atoms with Crippen molar-refractivity contribution < 1.29 is 18.8 Å². The number of hydrogen-bond donors (Lipinski definition) is 2. The minimum absolute atomic E-state index is 0.164. The Hall–Kier alpha value is -1.70. The topological polar surface area (TPSA) is 93.5 Å². The average molecular weight is 327 g/mol.